The van der Waals surface area contributed by atoms with Gasteiger partial charge in [-0.1, -0.05) is 0 Å². The number of nitrogens with one attached hydrogen (secondary N) is 2. The van der Waals surface area contributed by atoms with Gasteiger partial charge in [0.1, 0.15) is 11.9 Å². The van der Waals surface area contributed by atoms with Crippen LogP contribution in [-0.4, -0.2) is 79.8 Å². The van der Waals surface area contributed by atoms with Crippen molar-refractivity contribution >= 4 is 42.5 Å². The number of carbonyl (C=O) groups excluding carboxylic acids is 2. The first-order chi connectivity index (χ1) is 15.2. The molecule has 3 aliphatic rings. The Morgan fingerprint density at radius 3 is 2.21 bits per heavy atom. The molecule has 8 nitrogen and oxygen atoms in total. The molecule has 2 amide bonds. The second-order valence-corrected chi connectivity index (χ2v) is 8.64. The van der Waals surface area contributed by atoms with Crippen LogP contribution in [0, 0.1) is 0 Å². The fraction of sp³-hybridized carbons (Fsp3) is 0.652. The number of ether oxygens (including phenoxy) is 2. The average Bonchev–Trinajstić information content (AvgIpc) is 3.32. The van der Waals surface area contributed by atoms with Crippen LogP contribution in [-0.2, 0) is 9.53 Å². The first-order valence-electron chi connectivity index (χ1n) is 11.6. The van der Waals surface area contributed by atoms with Crippen molar-refractivity contribution in [1.82, 2.24) is 15.1 Å². The molecular weight excluding hydrogens is 467 g/mol. The van der Waals surface area contributed by atoms with E-state index in [0.29, 0.717) is 17.5 Å². The first-order valence-corrected chi connectivity index (χ1v) is 11.6. The van der Waals surface area contributed by atoms with Gasteiger partial charge in [0.25, 0.3) is 0 Å². The van der Waals surface area contributed by atoms with Gasteiger partial charge >= 0.3 is 12.0 Å². The molecular formula is C23H36Cl2N4O4. The third-order valence-corrected chi connectivity index (χ3v) is 6.49. The van der Waals surface area contributed by atoms with Crippen LogP contribution in [0.1, 0.15) is 38.5 Å². The van der Waals surface area contributed by atoms with Gasteiger partial charge in [0.15, 0.2) is 6.61 Å². The maximum absolute atomic E-state index is 12.6. The normalized spacial score (nSPS) is 19.8. The number of urea groups is 1. The molecule has 0 unspecified atom stereocenters. The minimum Gasteiger partial charge on any atom is -0.482 e. The monoisotopic (exact) mass is 502 g/mol. The summed E-state index contributed by atoms with van der Waals surface area (Å²) in [5, 5.41) is 6.36. The van der Waals surface area contributed by atoms with Crippen molar-refractivity contribution in [2.75, 3.05) is 51.2 Å². The van der Waals surface area contributed by atoms with Crippen molar-refractivity contribution in [3.63, 3.8) is 0 Å². The Morgan fingerprint density at radius 2 is 1.58 bits per heavy atom. The summed E-state index contributed by atoms with van der Waals surface area (Å²) in [6, 6.07) is 7.68. The number of carbonyl (C=O) groups is 2. The van der Waals surface area contributed by atoms with Crippen LogP contribution in [0.4, 0.5) is 10.5 Å². The predicted octanol–water partition coefficient (Wildman–Crippen LogP) is 3.30. The van der Waals surface area contributed by atoms with Gasteiger partial charge in [-0.2, -0.15) is 0 Å². The zero-order chi connectivity index (χ0) is 21.5. The quantitative estimate of drug-likeness (QED) is 0.580. The molecule has 186 valence electrons. The van der Waals surface area contributed by atoms with Crippen LogP contribution in [0.2, 0.25) is 0 Å². The SMILES string of the molecule is Cl.Cl.O=C(COc1ccc(NC(=O)N2CCN(C3CCNCC3)CC2)cc1)OC1CCCC1. The smallest absolute Gasteiger partial charge is 0.344 e. The van der Waals surface area contributed by atoms with Crippen LogP contribution in [0.5, 0.6) is 5.75 Å². The first kappa shape index (κ1) is 27.5. The average molecular weight is 503 g/mol. The summed E-state index contributed by atoms with van der Waals surface area (Å²) in [6.45, 7) is 5.45. The number of hydrogen-bond donors (Lipinski definition) is 2. The Labute approximate surface area is 208 Å². The number of esters is 1. The van der Waals surface area contributed by atoms with E-state index < -0.39 is 0 Å². The van der Waals surface area contributed by atoms with Gasteiger partial charge in [-0.25, -0.2) is 9.59 Å². The lowest BCUT2D eigenvalue weighted by Crippen LogP contribution is -2.54. The number of amides is 2. The van der Waals surface area contributed by atoms with Crippen molar-refractivity contribution in [2.24, 2.45) is 0 Å². The number of rotatable bonds is 6. The van der Waals surface area contributed by atoms with Gasteiger partial charge in [-0.05, 0) is 75.9 Å². The zero-order valence-corrected chi connectivity index (χ0v) is 20.6. The lowest BCUT2D eigenvalue weighted by molar-refractivity contribution is -0.151. The summed E-state index contributed by atoms with van der Waals surface area (Å²) in [5.74, 6) is 0.255. The highest BCUT2D eigenvalue weighted by Gasteiger charge is 2.27. The lowest BCUT2D eigenvalue weighted by atomic mass is 10.0. The van der Waals surface area contributed by atoms with Gasteiger partial charge < -0.3 is 25.0 Å². The largest absolute Gasteiger partial charge is 0.482 e. The van der Waals surface area contributed by atoms with Crippen LogP contribution in [0.15, 0.2) is 24.3 Å². The van der Waals surface area contributed by atoms with E-state index in [-0.39, 0.29) is 49.5 Å². The number of hydrogen-bond acceptors (Lipinski definition) is 6. The highest BCUT2D eigenvalue weighted by atomic mass is 35.5. The second kappa shape index (κ2) is 13.8. The molecule has 0 aromatic heterocycles. The molecule has 1 aromatic carbocycles. The Bertz CT molecular complexity index is 732. The van der Waals surface area contributed by atoms with E-state index in [0.717, 1.165) is 65.0 Å². The molecule has 2 saturated heterocycles. The van der Waals surface area contributed by atoms with Gasteiger partial charge in [0, 0.05) is 37.9 Å². The number of anilines is 1. The molecule has 0 spiro atoms. The van der Waals surface area contributed by atoms with Crippen LogP contribution in [0.25, 0.3) is 0 Å². The Kier molecular flexibility index (Phi) is 11.5. The molecule has 0 atom stereocenters. The molecule has 2 aliphatic heterocycles. The number of halogens is 2. The molecule has 2 heterocycles. The van der Waals surface area contributed by atoms with Crippen LogP contribution >= 0.6 is 24.8 Å². The van der Waals surface area contributed by atoms with E-state index in [9.17, 15) is 9.59 Å². The maximum Gasteiger partial charge on any atom is 0.344 e. The maximum atomic E-state index is 12.6. The van der Waals surface area contributed by atoms with E-state index >= 15 is 0 Å². The van der Waals surface area contributed by atoms with Crippen LogP contribution < -0.4 is 15.4 Å². The summed E-state index contributed by atoms with van der Waals surface area (Å²) in [6.07, 6.45) is 6.59. The Hall–Kier alpha value is -1.74. The second-order valence-electron chi connectivity index (χ2n) is 8.64. The molecule has 1 aliphatic carbocycles. The predicted molar refractivity (Wildman–Crippen MR) is 133 cm³/mol. The molecule has 10 heteroatoms. The summed E-state index contributed by atoms with van der Waals surface area (Å²) in [7, 11) is 0. The standard InChI is InChI=1S/C23H34N4O4.2ClH/c28-22(31-21-3-1-2-4-21)17-30-20-7-5-18(6-8-20)25-23(29)27-15-13-26(14-16-27)19-9-11-24-12-10-19;;/h5-8,19,21,24H,1-4,9-17H2,(H,25,29);2*1H. The number of benzene rings is 1. The minimum absolute atomic E-state index is 0. The highest BCUT2D eigenvalue weighted by Crippen LogP contribution is 2.21. The number of nitrogens with zero attached hydrogens (tertiary/aromatic N) is 2. The van der Waals surface area contributed by atoms with Crippen molar-refractivity contribution < 1.29 is 19.1 Å². The molecule has 33 heavy (non-hydrogen) atoms. The topological polar surface area (TPSA) is 83.1 Å². The zero-order valence-electron chi connectivity index (χ0n) is 19.0. The van der Waals surface area contributed by atoms with Crippen molar-refractivity contribution in [3.8, 4) is 5.75 Å². The van der Waals surface area contributed by atoms with E-state index in [2.05, 4.69) is 15.5 Å². The molecule has 0 radical (unpaired) electrons. The summed E-state index contributed by atoms with van der Waals surface area (Å²) in [4.78, 5) is 28.9. The van der Waals surface area contributed by atoms with E-state index in [4.69, 9.17) is 9.47 Å². The Balaban J connectivity index is 0.00000193. The number of piperazine rings is 1. The van der Waals surface area contributed by atoms with Crippen LogP contribution in [0.3, 0.4) is 0 Å². The van der Waals surface area contributed by atoms with Crippen molar-refractivity contribution in [3.05, 3.63) is 24.3 Å². The summed E-state index contributed by atoms with van der Waals surface area (Å²) < 4.78 is 10.9. The highest BCUT2D eigenvalue weighted by molar-refractivity contribution is 5.89. The third-order valence-electron chi connectivity index (χ3n) is 6.49. The molecule has 2 N–H and O–H groups in total. The molecule has 4 rings (SSSR count). The molecule has 1 aromatic rings. The van der Waals surface area contributed by atoms with Gasteiger partial charge in [-0.3, -0.25) is 4.90 Å². The molecule has 1 saturated carbocycles. The lowest BCUT2D eigenvalue weighted by Gasteiger charge is -2.40. The molecule has 3 fully saturated rings. The summed E-state index contributed by atoms with van der Waals surface area (Å²) in [5.41, 5.74) is 0.715. The van der Waals surface area contributed by atoms with Gasteiger partial charge in [-0.15, -0.1) is 24.8 Å². The molecule has 0 bridgehead atoms. The number of piperidine rings is 1. The van der Waals surface area contributed by atoms with Gasteiger partial charge in [0.2, 0.25) is 0 Å². The van der Waals surface area contributed by atoms with Crippen molar-refractivity contribution in [2.45, 2.75) is 50.7 Å². The fourth-order valence-corrected chi connectivity index (χ4v) is 4.67. The summed E-state index contributed by atoms with van der Waals surface area (Å²) >= 11 is 0. The van der Waals surface area contributed by atoms with Crippen molar-refractivity contribution in [1.29, 1.82) is 0 Å². The minimum atomic E-state index is -0.326. The fourth-order valence-electron chi connectivity index (χ4n) is 4.67. The Morgan fingerprint density at radius 1 is 0.939 bits per heavy atom. The third kappa shape index (κ3) is 8.21. The van der Waals surface area contributed by atoms with E-state index in [1.807, 2.05) is 4.90 Å². The van der Waals surface area contributed by atoms with E-state index in [1.165, 1.54) is 12.8 Å². The van der Waals surface area contributed by atoms with Gasteiger partial charge in [0.05, 0.1) is 0 Å². The van der Waals surface area contributed by atoms with E-state index in [1.54, 1.807) is 24.3 Å².